The molecule has 0 aliphatic carbocycles. The number of benzene rings is 1. The number of fused-ring (bicyclic) bond motifs is 1. The highest BCUT2D eigenvalue weighted by atomic mass is 16.5. The molecule has 1 fully saturated rings. The minimum atomic E-state index is -1.08. The smallest absolute Gasteiger partial charge is 0.329 e. The van der Waals surface area contributed by atoms with Crippen LogP contribution in [0.15, 0.2) is 24.3 Å². The number of ether oxygens (including phenoxy) is 1. The van der Waals surface area contributed by atoms with Crippen molar-refractivity contribution in [1.82, 2.24) is 14.9 Å². The number of unbranched alkanes of at least 4 members (excludes halogenated alkanes) is 4. The molecule has 0 saturated carbocycles. The highest BCUT2D eigenvalue weighted by Gasteiger charge is 2.31. The number of hydrogen-bond donors (Lipinski definition) is 0. The molecule has 1 aromatic carbocycles. The number of aromatic nitrogens is 2. The Morgan fingerprint density at radius 2 is 1.74 bits per heavy atom. The maximum absolute atomic E-state index is 12.8. The predicted molar refractivity (Wildman–Crippen MR) is 122 cm³/mol. The molecular formula is C24H33N5O2. The van der Waals surface area contributed by atoms with Gasteiger partial charge in [0.1, 0.15) is 5.69 Å². The lowest BCUT2D eigenvalue weighted by molar-refractivity contribution is -0.144. The summed E-state index contributed by atoms with van der Waals surface area (Å²) >= 11 is 0. The Labute approximate surface area is 185 Å². The number of anilines is 1. The van der Waals surface area contributed by atoms with Gasteiger partial charge in [-0.15, -0.1) is 0 Å². The summed E-state index contributed by atoms with van der Waals surface area (Å²) < 4.78 is 5.46. The van der Waals surface area contributed by atoms with Gasteiger partial charge in [-0.05, 0) is 25.1 Å². The summed E-state index contributed by atoms with van der Waals surface area (Å²) in [5, 5.41) is 9.85. The second-order valence-electron chi connectivity index (χ2n) is 7.99. The van der Waals surface area contributed by atoms with E-state index in [4.69, 9.17) is 14.7 Å². The Morgan fingerprint density at radius 1 is 1.06 bits per heavy atom. The van der Waals surface area contributed by atoms with Gasteiger partial charge in [-0.2, -0.15) is 5.26 Å². The van der Waals surface area contributed by atoms with Crippen LogP contribution in [-0.4, -0.2) is 60.2 Å². The summed E-state index contributed by atoms with van der Waals surface area (Å²) in [4.78, 5) is 26.8. The number of para-hydroxylation sites is 2. The molecule has 0 spiro atoms. The summed E-state index contributed by atoms with van der Waals surface area (Å²) in [5.41, 5.74) is 1.85. The van der Waals surface area contributed by atoms with Crippen molar-refractivity contribution in [2.24, 2.45) is 0 Å². The fourth-order valence-electron chi connectivity index (χ4n) is 3.89. The van der Waals surface area contributed by atoms with Crippen molar-refractivity contribution in [3.63, 3.8) is 0 Å². The van der Waals surface area contributed by atoms with Gasteiger partial charge in [0.2, 0.25) is 0 Å². The second kappa shape index (κ2) is 11.6. The number of carbonyl (C=O) groups excluding carboxylic acids is 1. The lowest BCUT2D eigenvalue weighted by Crippen LogP contribution is -2.47. The summed E-state index contributed by atoms with van der Waals surface area (Å²) in [5.74, 6) is -0.983. The van der Waals surface area contributed by atoms with E-state index in [1.165, 1.54) is 12.8 Å². The zero-order valence-electron chi connectivity index (χ0n) is 18.7. The van der Waals surface area contributed by atoms with Gasteiger partial charge in [-0.3, -0.25) is 4.79 Å². The van der Waals surface area contributed by atoms with Crippen LogP contribution in [0.25, 0.3) is 11.0 Å². The van der Waals surface area contributed by atoms with Crippen molar-refractivity contribution >= 4 is 22.8 Å². The maximum Gasteiger partial charge on any atom is 0.329 e. The zero-order chi connectivity index (χ0) is 22.1. The number of hydrogen-bond acceptors (Lipinski definition) is 7. The van der Waals surface area contributed by atoms with Gasteiger partial charge in [-0.1, -0.05) is 51.7 Å². The van der Waals surface area contributed by atoms with Crippen LogP contribution < -0.4 is 4.90 Å². The van der Waals surface area contributed by atoms with Gasteiger partial charge >= 0.3 is 5.97 Å². The molecule has 1 saturated heterocycles. The lowest BCUT2D eigenvalue weighted by Gasteiger charge is -2.35. The standard InChI is InChI=1S/C24H33N5O2/c1-3-5-6-7-10-17-31-24(30)19(18-25)22-23(29-15-13-28(4-2)14-16-29)27-21-12-9-8-11-20(21)26-22/h8-9,11-12,19H,3-7,10,13-17H2,1-2H3/t19-/m1/s1. The van der Waals surface area contributed by atoms with Gasteiger partial charge in [-0.25, -0.2) is 9.97 Å². The molecule has 166 valence electrons. The predicted octanol–water partition coefficient (Wildman–Crippen LogP) is 3.89. The topological polar surface area (TPSA) is 82.3 Å². The first-order chi connectivity index (χ1) is 15.2. The van der Waals surface area contributed by atoms with Gasteiger partial charge in [0.15, 0.2) is 11.7 Å². The average molecular weight is 424 g/mol. The third-order valence-electron chi connectivity index (χ3n) is 5.83. The Kier molecular flexibility index (Phi) is 8.60. The Bertz CT molecular complexity index is 902. The second-order valence-corrected chi connectivity index (χ2v) is 7.99. The Balaban J connectivity index is 1.80. The molecule has 1 aliphatic heterocycles. The van der Waals surface area contributed by atoms with Gasteiger partial charge in [0, 0.05) is 26.2 Å². The van der Waals surface area contributed by atoms with Gasteiger partial charge < -0.3 is 14.5 Å². The normalized spacial score (nSPS) is 15.6. The van der Waals surface area contributed by atoms with E-state index in [9.17, 15) is 10.1 Å². The Hall–Kier alpha value is -2.72. The lowest BCUT2D eigenvalue weighted by atomic mass is 10.1. The average Bonchev–Trinajstić information content (AvgIpc) is 2.81. The van der Waals surface area contributed by atoms with Crippen molar-refractivity contribution < 1.29 is 9.53 Å². The van der Waals surface area contributed by atoms with E-state index in [2.05, 4.69) is 29.7 Å². The van der Waals surface area contributed by atoms with E-state index in [0.29, 0.717) is 23.6 Å². The van der Waals surface area contributed by atoms with Crippen LogP contribution in [0.3, 0.4) is 0 Å². The molecule has 31 heavy (non-hydrogen) atoms. The minimum absolute atomic E-state index is 0.340. The number of esters is 1. The largest absolute Gasteiger partial charge is 0.464 e. The fraction of sp³-hybridized carbons (Fsp3) is 0.583. The molecule has 2 heterocycles. The Morgan fingerprint density at radius 3 is 2.39 bits per heavy atom. The molecule has 0 amide bonds. The van der Waals surface area contributed by atoms with E-state index in [1.807, 2.05) is 24.3 Å². The van der Waals surface area contributed by atoms with Crippen LogP contribution >= 0.6 is 0 Å². The third-order valence-corrected chi connectivity index (χ3v) is 5.83. The summed E-state index contributed by atoms with van der Waals surface area (Å²) in [6.07, 6.45) is 5.35. The highest BCUT2D eigenvalue weighted by molar-refractivity contribution is 5.85. The van der Waals surface area contributed by atoms with Gasteiger partial charge in [0.25, 0.3) is 0 Å². The van der Waals surface area contributed by atoms with Crippen LogP contribution in [0.4, 0.5) is 5.82 Å². The van der Waals surface area contributed by atoms with Crippen molar-refractivity contribution in [2.75, 3.05) is 44.2 Å². The number of rotatable bonds is 10. The fourth-order valence-corrected chi connectivity index (χ4v) is 3.89. The van der Waals surface area contributed by atoms with Crippen LogP contribution in [-0.2, 0) is 9.53 Å². The first-order valence-electron chi connectivity index (χ1n) is 11.5. The van der Waals surface area contributed by atoms with Gasteiger partial charge in [0.05, 0.1) is 23.7 Å². The molecule has 0 N–H and O–H groups in total. The van der Waals surface area contributed by atoms with Crippen molar-refractivity contribution in [3.8, 4) is 6.07 Å². The SMILES string of the molecule is CCCCCCCOC(=O)[C@H](C#N)c1nc2ccccc2nc1N1CCN(CC)CC1. The summed E-state index contributed by atoms with van der Waals surface area (Å²) in [6.45, 7) is 9.09. The molecule has 1 atom stereocenters. The van der Waals surface area contributed by atoms with Crippen LogP contribution in [0.2, 0.25) is 0 Å². The van der Waals surface area contributed by atoms with Crippen LogP contribution in [0.1, 0.15) is 57.6 Å². The molecule has 0 radical (unpaired) electrons. The molecule has 7 heteroatoms. The number of piperazine rings is 1. The maximum atomic E-state index is 12.8. The third kappa shape index (κ3) is 5.92. The van der Waals surface area contributed by atoms with Crippen LogP contribution in [0, 0.1) is 11.3 Å². The molecule has 0 unspecified atom stereocenters. The molecule has 1 aliphatic rings. The van der Waals surface area contributed by atoms with Crippen molar-refractivity contribution in [1.29, 1.82) is 5.26 Å². The molecule has 3 rings (SSSR count). The zero-order valence-corrected chi connectivity index (χ0v) is 18.7. The quantitative estimate of drug-likeness (QED) is 0.423. The van der Waals surface area contributed by atoms with E-state index >= 15 is 0 Å². The number of nitrogens with zero attached hydrogens (tertiary/aromatic N) is 5. The molecule has 0 bridgehead atoms. The van der Waals surface area contributed by atoms with Crippen molar-refractivity contribution in [2.45, 2.75) is 51.9 Å². The monoisotopic (exact) mass is 423 g/mol. The van der Waals surface area contributed by atoms with E-state index in [0.717, 1.165) is 57.5 Å². The summed E-state index contributed by atoms with van der Waals surface area (Å²) in [7, 11) is 0. The molecule has 1 aromatic heterocycles. The van der Waals surface area contributed by atoms with E-state index in [-0.39, 0.29) is 0 Å². The minimum Gasteiger partial charge on any atom is -0.464 e. The summed E-state index contributed by atoms with van der Waals surface area (Å²) in [6, 6.07) is 9.71. The number of carbonyl (C=O) groups is 1. The highest BCUT2D eigenvalue weighted by Crippen LogP contribution is 2.28. The first-order valence-corrected chi connectivity index (χ1v) is 11.5. The van der Waals surface area contributed by atoms with E-state index in [1.54, 1.807) is 0 Å². The van der Waals surface area contributed by atoms with Crippen LogP contribution in [0.5, 0.6) is 0 Å². The molecular weight excluding hydrogens is 390 g/mol. The molecule has 2 aromatic rings. The number of nitriles is 1. The van der Waals surface area contributed by atoms with E-state index < -0.39 is 11.9 Å². The number of likely N-dealkylation sites (N-methyl/N-ethyl adjacent to an activating group) is 1. The molecule has 7 nitrogen and oxygen atoms in total. The van der Waals surface area contributed by atoms with Crippen molar-refractivity contribution in [3.05, 3.63) is 30.0 Å². The first kappa shape index (κ1) is 23.0.